The van der Waals surface area contributed by atoms with Gasteiger partial charge >= 0.3 is 0 Å². The van der Waals surface area contributed by atoms with Gasteiger partial charge in [0.2, 0.25) is 11.8 Å². The van der Waals surface area contributed by atoms with Crippen molar-refractivity contribution in [1.82, 2.24) is 9.80 Å². The lowest BCUT2D eigenvalue weighted by atomic mass is 9.93. The molecule has 0 saturated heterocycles. The summed E-state index contributed by atoms with van der Waals surface area (Å²) in [6, 6.07) is 14.3. The van der Waals surface area contributed by atoms with E-state index in [9.17, 15) is 14.4 Å². The van der Waals surface area contributed by atoms with Crippen molar-refractivity contribution in [3.05, 3.63) is 71.4 Å². The second-order valence-electron chi connectivity index (χ2n) is 7.20. The van der Waals surface area contributed by atoms with Crippen LogP contribution in [0.15, 0.2) is 54.7 Å². The second-order valence-corrected chi connectivity index (χ2v) is 7.20. The van der Waals surface area contributed by atoms with Gasteiger partial charge < -0.3 is 15.1 Å². The first-order valence-corrected chi connectivity index (χ1v) is 10.2. The first-order valence-electron chi connectivity index (χ1n) is 10.2. The number of hydrogen-bond donors (Lipinski definition) is 1. The summed E-state index contributed by atoms with van der Waals surface area (Å²) in [6.45, 7) is 6.61. The van der Waals surface area contributed by atoms with Gasteiger partial charge in [-0.1, -0.05) is 30.3 Å². The van der Waals surface area contributed by atoms with E-state index in [1.165, 1.54) is 6.92 Å². The number of fused-ring (bicyclic) bond motifs is 1. The monoisotopic (exact) mass is 405 g/mol. The summed E-state index contributed by atoms with van der Waals surface area (Å²) in [6.07, 6.45) is 3.73. The van der Waals surface area contributed by atoms with Crippen LogP contribution in [0.2, 0.25) is 0 Å². The van der Waals surface area contributed by atoms with Crippen LogP contribution in [-0.2, 0) is 9.59 Å². The normalized spacial score (nSPS) is 14.8. The molecule has 0 aromatic heterocycles. The van der Waals surface area contributed by atoms with Crippen molar-refractivity contribution in [2.75, 3.05) is 18.4 Å². The lowest BCUT2D eigenvalue weighted by molar-refractivity contribution is -0.129. The van der Waals surface area contributed by atoms with Crippen molar-refractivity contribution in [2.24, 2.45) is 0 Å². The minimum atomic E-state index is -0.371. The first-order chi connectivity index (χ1) is 14.4. The molecule has 0 radical (unpaired) electrons. The summed E-state index contributed by atoms with van der Waals surface area (Å²) in [5, 5.41) is 2.88. The van der Waals surface area contributed by atoms with Crippen LogP contribution < -0.4 is 5.32 Å². The molecule has 0 fully saturated rings. The molecule has 0 saturated carbocycles. The van der Waals surface area contributed by atoms with Gasteiger partial charge in [-0.3, -0.25) is 14.4 Å². The van der Waals surface area contributed by atoms with Gasteiger partial charge in [-0.25, -0.2) is 0 Å². The fourth-order valence-electron chi connectivity index (χ4n) is 3.72. The topological polar surface area (TPSA) is 69.7 Å². The Morgan fingerprint density at radius 2 is 1.77 bits per heavy atom. The number of rotatable bonds is 6. The molecule has 6 nitrogen and oxygen atoms in total. The van der Waals surface area contributed by atoms with Crippen LogP contribution in [0.25, 0.3) is 6.08 Å². The molecule has 1 atom stereocenters. The number of nitrogens with zero attached hydrogens (tertiary/aromatic N) is 2. The maximum absolute atomic E-state index is 12.8. The quantitative estimate of drug-likeness (QED) is 0.788. The molecule has 0 spiro atoms. The summed E-state index contributed by atoms with van der Waals surface area (Å²) in [7, 11) is 0. The number of carbonyl (C=O) groups is 3. The van der Waals surface area contributed by atoms with E-state index < -0.39 is 0 Å². The van der Waals surface area contributed by atoms with Crippen LogP contribution >= 0.6 is 0 Å². The number of hydrogen-bond acceptors (Lipinski definition) is 3. The fraction of sp³-hybridized carbons (Fsp3) is 0.292. The zero-order valence-corrected chi connectivity index (χ0v) is 17.6. The van der Waals surface area contributed by atoms with E-state index in [2.05, 4.69) is 5.32 Å². The van der Waals surface area contributed by atoms with E-state index in [1.54, 1.807) is 40.3 Å². The van der Waals surface area contributed by atoms with Crippen molar-refractivity contribution < 1.29 is 14.4 Å². The van der Waals surface area contributed by atoms with Crippen LogP contribution in [0.5, 0.6) is 0 Å². The van der Waals surface area contributed by atoms with E-state index in [4.69, 9.17) is 0 Å². The van der Waals surface area contributed by atoms with Crippen LogP contribution in [0.4, 0.5) is 5.69 Å². The smallest absolute Gasteiger partial charge is 0.253 e. The van der Waals surface area contributed by atoms with Gasteiger partial charge in [-0.05, 0) is 49.2 Å². The van der Waals surface area contributed by atoms with Gasteiger partial charge in [0.1, 0.15) is 0 Å². The lowest BCUT2D eigenvalue weighted by Crippen LogP contribution is -2.33. The van der Waals surface area contributed by atoms with E-state index in [-0.39, 0.29) is 30.2 Å². The fourth-order valence-corrected chi connectivity index (χ4v) is 3.72. The molecule has 6 heteroatoms. The van der Waals surface area contributed by atoms with Crippen LogP contribution in [0, 0.1) is 0 Å². The molecule has 3 rings (SSSR count). The Morgan fingerprint density at radius 1 is 1.03 bits per heavy atom. The molecule has 1 aliphatic rings. The average molecular weight is 405 g/mol. The predicted molar refractivity (Wildman–Crippen MR) is 118 cm³/mol. The molecular formula is C24H27N3O3. The average Bonchev–Trinajstić information content (AvgIpc) is 2.74. The first kappa shape index (κ1) is 21.3. The number of nitrogens with one attached hydrogen (secondary N) is 1. The van der Waals surface area contributed by atoms with Crippen molar-refractivity contribution in [1.29, 1.82) is 0 Å². The molecular weight excluding hydrogens is 378 g/mol. The standard InChI is InChI=1S/C24H27N3O3/c1-4-26(5-2)24(30)19-10-8-11-20(15-19)25-23(29)16-22-21-12-7-6-9-18(21)13-14-27(22)17(3)28/h6-15,22H,4-5,16H2,1-3H3,(H,25,29). The summed E-state index contributed by atoms with van der Waals surface area (Å²) in [4.78, 5) is 40.8. The van der Waals surface area contributed by atoms with Gasteiger partial charge in [-0.2, -0.15) is 0 Å². The maximum atomic E-state index is 12.8. The highest BCUT2D eigenvalue weighted by Gasteiger charge is 2.28. The minimum Gasteiger partial charge on any atom is -0.339 e. The molecule has 2 aromatic rings. The molecule has 1 unspecified atom stereocenters. The third-order valence-corrected chi connectivity index (χ3v) is 5.29. The van der Waals surface area contributed by atoms with E-state index >= 15 is 0 Å². The van der Waals surface area contributed by atoms with Crippen LogP contribution in [0.3, 0.4) is 0 Å². The largest absolute Gasteiger partial charge is 0.339 e. The Labute approximate surface area is 177 Å². The highest BCUT2D eigenvalue weighted by Crippen LogP contribution is 2.33. The second kappa shape index (κ2) is 9.39. The molecule has 3 amide bonds. The van der Waals surface area contributed by atoms with Gasteiger partial charge in [0, 0.05) is 37.5 Å². The van der Waals surface area contributed by atoms with Gasteiger partial charge in [0.25, 0.3) is 5.91 Å². The van der Waals surface area contributed by atoms with E-state index in [1.807, 2.05) is 44.2 Å². The number of benzene rings is 2. The lowest BCUT2D eigenvalue weighted by Gasteiger charge is -2.32. The van der Waals surface area contributed by atoms with Gasteiger partial charge in [0.15, 0.2) is 0 Å². The molecule has 156 valence electrons. The Hall–Kier alpha value is -3.41. The number of amides is 3. The molecule has 1 heterocycles. The molecule has 30 heavy (non-hydrogen) atoms. The minimum absolute atomic E-state index is 0.0646. The van der Waals surface area contributed by atoms with E-state index in [0.29, 0.717) is 24.3 Å². The highest BCUT2D eigenvalue weighted by atomic mass is 16.2. The molecule has 0 aliphatic carbocycles. The zero-order chi connectivity index (χ0) is 21.7. The van der Waals surface area contributed by atoms with Crippen molar-refractivity contribution in [2.45, 2.75) is 33.2 Å². The molecule has 1 aliphatic heterocycles. The number of carbonyl (C=O) groups excluding carboxylic acids is 3. The van der Waals surface area contributed by atoms with Crippen LogP contribution in [0.1, 0.15) is 54.7 Å². The SMILES string of the molecule is CCN(CC)C(=O)c1cccc(NC(=O)CC2c3ccccc3C=CN2C(C)=O)c1. The van der Waals surface area contributed by atoms with Crippen molar-refractivity contribution >= 4 is 29.5 Å². The Balaban J connectivity index is 1.77. The summed E-state index contributed by atoms with van der Waals surface area (Å²) in [5.41, 5.74) is 3.04. The van der Waals surface area contributed by atoms with Crippen LogP contribution in [-0.4, -0.2) is 40.6 Å². The molecule has 0 bridgehead atoms. The van der Waals surface area contributed by atoms with Crippen molar-refractivity contribution in [3.8, 4) is 0 Å². The third-order valence-electron chi connectivity index (χ3n) is 5.29. The Bertz CT molecular complexity index is 979. The van der Waals surface area contributed by atoms with Gasteiger partial charge in [-0.15, -0.1) is 0 Å². The highest BCUT2D eigenvalue weighted by molar-refractivity contribution is 5.97. The summed E-state index contributed by atoms with van der Waals surface area (Å²) in [5.74, 6) is -0.403. The summed E-state index contributed by atoms with van der Waals surface area (Å²) < 4.78 is 0. The molecule has 1 N–H and O–H groups in total. The predicted octanol–water partition coefficient (Wildman–Crippen LogP) is 4.07. The number of anilines is 1. The maximum Gasteiger partial charge on any atom is 0.253 e. The van der Waals surface area contributed by atoms with E-state index in [0.717, 1.165) is 11.1 Å². The van der Waals surface area contributed by atoms with Crippen molar-refractivity contribution in [3.63, 3.8) is 0 Å². The summed E-state index contributed by atoms with van der Waals surface area (Å²) >= 11 is 0. The Kier molecular flexibility index (Phi) is 6.67. The third kappa shape index (κ3) is 4.59. The molecule has 2 aromatic carbocycles. The van der Waals surface area contributed by atoms with Gasteiger partial charge in [0.05, 0.1) is 12.5 Å². The zero-order valence-electron chi connectivity index (χ0n) is 17.6. The Morgan fingerprint density at radius 3 is 2.47 bits per heavy atom.